The fraction of sp³-hybridized carbons (Fsp3) is 0.500. The molecule has 0 unspecified atom stereocenters. The zero-order chi connectivity index (χ0) is 16.8. The Balaban J connectivity index is 1.86. The van der Waals surface area contributed by atoms with Crippen molar-refractivity contribution in [1.29, 1.82) is 0 Å². The van der Waals surface area contributed by atoms with Gasteiger partial charge < -0.3 is 25.2 Å². The summed E-state index contributed by atoms with van der Waals surface area (Å²) in [5.74, 6) is 0.124. The number of nitrogen functional groups attached to an aromatic ring is 1. The van der Waals surface area contributed by atoms with E-state index in [1.165, 1.54) is 17.2 Å². The summed E-state index contributed by atoms with van der Waals surface area (Å²) >= 11 is 0. The second-order valence-corrected chi connectivity index (χ2v) is 5.87. The van der Waals surface area contributed by atoms with Gasteiger partial charge in [0.25, 0.3) is 0 Å². The van der Waals surface area contributed by atoms with Gasteiger partial charge in [0.05, 0.1) is 12.9 Å². The zero-order valence-electron chi connectivity index (χ0n) is 11.4. The van der Waals surface area contributed by atoms with E-state index in [1.54, 1.807) is 0 Å². The topological polar surface area (TPSA) is 186 Å². The first-order valence-electron chi connectivity index (χ1n) is 6.33. The lowest BCUT2D eigenvalue weighted by Crippen LogP contribution is -2.34. The molecule has 3 rings (SSSR count). The van der Waals surface area contributed by atoms with Crippen LogP contribution in [0.1, 0.15) is 6.23 Å². The molecule has 0 amide bonds. The number of aliphatic hydroxyl groups excluding tert-OH is 2. The number of rotatable bonds is 4. The Labute approximate surface area is 129 Å². The van der Waals surface area contributed by atoms with E-state index in [9.17, 15) is 23.2 Å². The summed E-state index contributed by atoms with van der Waals surface area (Å²) < 4.78 is 42.2. The number of nitrogens with zero attached hydrogens (tertiary/aromatic N) is 4. The number of hydrogen-bond donors (Lipinski definition) is 3. The van der Waals surface area contributed by atoms with Crippen LogP contribution in [0, 0.1) is 0 Å². The summed E-state index contributed by atoms with van der Waals surface area (Å²) in [6.45, 7) is -0.732. The summed E-state index contributed by atoms with van der Waals surface area (Å²) in [5, 5.41) is 20.0. The molecule has 4 N–H and O–H groups in total. The Morgan fingerprint density at radius 1 is 1.35 bits per heavy atom. The summed E-state index contributed by atoms with van der Waals surface area (Å²) in [4.78, 5) is 11.7. The van der Waals surface area contributed by atoms with Crippen molar-refractivity contribution in [2.75, 3.05) is 12.3 Å². The van der Waals surface area contributed by atoms with Gasteiger partial charge in [0.15, 0.2) is 17.7 Å². The SMILES string of the molecule is Nc1ncnc2c1ncn2[C@@H]1O[C@H](COS(=O)(=O)[O-])[C@@H](O)[C@H]1O. The number of ether oxygens (including phenoxy) is 1. The minimum Gasteiger partial charge on any atom is -0.726 e. The van der Waals surface area contributed by atoms with Gasteiger partial charge in [0.2, 0.25) is 10.4 Å². The van der Waals surface area contributed by atoms with E-state index in [1.807, 2.05) is 0 Å². The fourth-order valence-corrected chi connectivity index (χ4v) is 2.60. The standard InChI is InChI=1S/C10H13N5O7S/c11-8-5-9(13-2-12-8)15(3-14-5)10-7(17)6(16)4(22-10)1-21-23(18,19)20/h2-4,6-7,10,16-17H,1H2,(H2,11,12,13)(H,18,19,20)/p-1/t4-,6-,7-,10-/m1/s1. The minimum absolute atomic E-state index is 0.124. The van der Waals surface area contributed by atoms with Gasteiger partial charge in [0, 0.05) is 0 Å². The van der Waals surface area contributed by atoms with E-state index < -0.39 is 41.5 Å². The molecule has 0 saturated carbocycles. The largest absolute Gasteiger partial charge is 0.726 e. The molecule has 0 bridgehead atoms. The molecule has 1 saturated heterocycles. The van der Waals surface area contributed by atoms with E-state index in [4.69, 9.17) is 10.5 Å². The van der Waals surface area contributed by atoms with Crippen LogP contribution >= 0.6 is 0 Å². The molecule has 2 aromatic rings. The Kier molecular flexibility index (Phi) is 3.91. The highest BCUT2D eigenvalue weighted by atomic mass is 32.3. The number of nitrogens with two attached hydrogens (primary N) is 1. The Morgan fingerprint density at radius 2 is 2.09 bits per heavy atom. The third-order valence-electron chi connectivity index (χ3n) is 3.38. The molecule has 13 heteroatoms. The highest BCUT2D eigenvalue weighted by molar-refractivity contribution is 7.80. The second kappa shape index (κ2) is 5.63. The van der Waals surface area contributed by atoms with E-state index in [2.05, 4.69) is 19.1 Å². The lowest BCUT2D eigenvalue weighted by Gasteiger charge is -2.16. The van der Waals surface area contributed by atoms with Crippen molar-refractivity contribution in [1.82, 2.24) is 19.5 Å². The summed E-state index contributed by atoms with van der Waals surface area (Å²) in [6.07, 6.45) is -2.77. The van der Waals surface area contributed by atoms with Crippen molar-refractivity contribution in [3.63, 3.8) is 0 Å². The number of aliphatic hydroxyl groups is 2. The Bertz CT molecular complexity index is 824. The first kappa shape index (κ1) is 16.0. The molecule has 126 valence electrons. The van der Waals surface area contributed by atoms with Gasteiger partial charge in [-0.3, -0.25) is 8.75 Å². The lowest BCUT2D eigenvalue weighted by molar-refractivity contribution is -0.0479. The summed E-state index contributed by atoms with van der Waals surface area (Å²) in [5.41, 5.74) is 6.19. The summed E-state index contributed by atoms with van der Waals surface area (Å²) in [6, 6.07) is 0. The van der Waals surface area contributed by atoms with Gasteiger partial charge in [-0.15, -0.1) is 0 Å². The maximum absolute atomic E-state index is 10.5. The van der Waals surface area contributed by atoms with Crippen LogP contribution in [0.2, 0.25) is 0 Å². The van der Waals surface area contributed by atoms with Crippen LogP contribution in [0.15, 0.2) is 12.7 Å². The van der Waals surface area contributed by atoms with E-state index in [-0.39, 0.29) is 17.0 Å². The van der Waals surface area contributed by atoms with Gasteiger partial charge in [0.1, 0.15) is 30.2 Å². The maximum atomic E-state index is 10.5. The van der Waals surface area contributed by atoms with Gasteiger partial charge in [-0.1, -0.05) is 0 Å². The Morgan fingerprint density at radius 3 is 2.78 bits per heavy atom. The average molecular weight is 346 g/mol. The molecular weight excluding hydrogens is 334 g/mol. The zero-order valence-corrected chi connectivity index (χ0v) is 12.2. The number of aromatic nitrogens is 4. The molecule has 0 radical (unpaired) electrons. The van der Waals surface area contributed by atoms with Crippen LogP contribution in [-0.4, -0.2) is 67.6 Å². The Hall–Kier alpha value is -1.90. The molecule has 1 aliphatic rings. The maximum Gasteiger partial charge on any atom is 0.217 e. The summed E-state index contributed by atoms with van der Waals surface area (Å²) in [7, 11) is -4.94. The second-order valence-electron chi connectivity index (χ2n) is 4.82. The predicted octanol–water partition coefficient (Wildman–Crippen LogP) is -2.50. The van der Waals surface area contributed by atoms with Crippen LogP contribution in [-0.2, 0) is 19.3 Å². The third kappa shape index (κ3) is 2.97. The van der Waals surface area contributed by atoms with Crippen molar-refractivity contribution >= 4 is 27.4 Å². The highest BCUT2D eigenvalue weighted by Gasteiger charge is 2.44. The van der Waals surface area contributed by atoms with Crippen LogP contribution in [0.25, 0.3) is 11.2 Å². The van der Waals surface area contributed by atoms with Gasteiger partial charge in [-0.2, -0.15) is 0 Å². The van der Waals surface area contributed by atoms with Gasteiger partial charge >= 0.3 is 0 Å². The minimum atomic E-state index is -4.94. The number of anilines is 1. The smallest absolute Gasteiger partial charge is 0.217 e. The first-order valence-corrected chi connectivity index (χ1v) is 7.66. The van der Waals surface area contributed by atoms with E-state index in [0.29, 0.717) is 0 Å². The van der Waals surface area contributed by atoms with Crippen LogP contribution in [0.3, 0.4) is 0 Å². The normalized spacial score (nSPS) is 28.5. The highest BCUT2D eigenvalue weighted by Crippen LogP contribution is 2.32. The van der Waals surface area contributed by atoms with Crippen molar-refractivity contribution < 1.29 is 32.1 Å². The van der Waals surface area contributed by atoms with Crippen molar-refractivity contribution in [2.45, 2.75) is 24.5 Å². The van der Waals surface area contributed by atoms with E-state index >= 15 is 0 Å². The molecule has 0 spiro atoms. The molecule has 3 heterocycles. The third-order valence-corrected chi connectivity index (χ3v) is 3.80. The molecule has 12 nitrogen and oxygen atoms in total. The first-order chi connectivity index (χ1) is 10.8. The molecule has 0 aliphatic carbocycles. The van der Waals surface area contributed by atoms with Crippen molar-refractivity contribution in [2.24, 2.45) is 0 Å². The molecule has 0 aromatic carbocycles. The average Bonchev–Trinajstić information content (AvgIpc) is 3.01. The molecule has 1 aliphatic heterocycles. The monoisotopic (exact) mass is 346 g/mol. The number of hydrogen-bond acceptors (Lipinski definition) is 11. The predicted molar refractivity (Wildman–Crippen MR) is 71.3 cm³/mol. The van der Waals surface area contributed by atoms with Crippen LogP contribution < -0.4 is 5.73 Å². The lowest BCUT2D eigenvalue weighted by atomic mass is 10.1. The van der Waals surface area contributed by atoms with Crippen molar-refractivity contribution in [3.8, 4) is 0 Å². The van der Waals surface area contributed by atoms with Gasteiger partial charge in [-0.05, 0) is 0 Å². The fourth-order valence-electron chi connectivity index (χ4n) is 2.30. The number of imidazole rings is 1. The van der Waals surface area contributed by atoms with Gasteiger partial charge in [-0.25, -0.2) is 23.4 Å². The van der Waals surface area contributed by atoms with Crippen LogP contribution in [0.5, 0.6) is 0 Å². The number of fused-ring (bicyclic) bond motifs is 1. The van der Waals surface area contributed by atoms with E-state index in [0.717, 1.165) is 0 Å². The van der Waals surface area contributed by atoms with Crippen molar-refractivity contribution in [3.05, 3.63) is 12.7 Å². The molecule has 23 heavy (non-hydrogen) atoms. The molecule has 4 atom stereocenters. The molecule has 1 fully saturated rings. The van der Waals surface area contributed by atoms with Crippen LogP contribution in [0.4, 0.5) is 5.82 Å². The molecular formula is C10H12N5O7S-. The quantitative estimate of drug-likeness (QED) is 0.392. The molecule has 2 aromatic heterocycles.